The summed E-state index contributed by atoms with van der Waals surface area (Å²) < 4.78 is 13.1. The van der Waals surface area contributed by atoms with Gasteiger partial charge in [0.2, 0.25) is 11.8 Å². The molecule has 2 fully saturated rings. The van der Waals surface area contributed by atoms with Crippen LogP contribution in [0.5, 0.6) is 0 Å². The molecule has 2 aliphatic heterocycles. The van der Waals surface area contributed by atoms with Crippen LogP contribution in [0.15, 0.2) is 72.8 Å². The van der Waals surface area contributed by atoms with E-state index in [1.165, 1.54) is 0 Å². The van der Waals surface area contributed by atoms with E-state index in [0.717, 1.165) is 46.3 Å². The van der Waals surface area contributed by atoms with Crippen LogP contribution in [0.25, 0.3) is 11.1 Å². The molecule has 45 heavy (non-hydrogen) atoms. The summed E-state index contributed by atoms with van der Waals surface area (Å²) in [5.74, 6) is -0.536. The second kappa shape index (κ2) is 16.1. The maximum Gasteiger partial charge on any atom is 0.243 e. The fourth-order valence-electron chi connectivity index (χ4n) is 5.94. The minimum atomic E-state index is -0.579. The van der Waals surface area contributed by atoms with Crippen LogP contribution in [-0.4, -0.2) is 64.0 Å². The van der Waals surface area contributed by atoms with Gasteiger partial charge in [-0.05, 0) is 59.2 Å². The molecule has 0 spiro atoms. The lowest BCUT2D eigenvalue weighted by Crippen LogP contribution is -2.38. The van der Waals surface area contributed by atoms with Gasteiger partial charge in [-0.3, -0.25) is 19.7 Å². The van der Waals surface area contributed by atoms with E-state index in [1.807, 2.05) is 60.7 Å². The van der Waals surface area contributed by atoms with Crippen molar-refractivity contribution in [2.45, 2.75) is 76.3 Å². The molecule has 2 saturated heterocycles. The minimum absolute atomic E-state index is 0.00872. The lowest BCUT2D eigenvalue weighted by atomic mass is 9.98. The van der Waals surface area contributed by atoms with E-state index in [2.05, 4.69) is 22.3 Å². The van der Waals surface area contributed by atoms with Gasteiger partial charge in [0, 0.05) is 51.0 Å². The first kappa shape index (κ1) is 32.7. The molecule has 10 heteroatoms. The first-order chi connectivity index (χ1) is 21.9. The number of nitrogens with zero attached hydrogens (tertiary/aromatic N) is 1. The Morgan fingerprint density at radius 1 is 0.867 bits per heavy atom. The normalized spacial score (nSPS) is 21.8. The molecule has 4 unspecified atom stereocenters. The number of likely N-dealkylation sites (tertiary alicyclic amines) is 1. The predicted molar refractivity (Wildman–Crippen MR) is 168 cm³/mol. The van der Waals surface area contributed by atoms with E-state index in [4.69, 9.17) is 14.7 Å². The Bertz CT molecular complexity index is 1420. The van der Waals surface area contributed by atoms with Crippen molar-refractivity contribution < 1.29 is 34.5 Å². The quantitative estimate of drug-likeness (QED) is 0.110. The molecule has 10 nitrogen and oxygen atoms in total. The Morgan fingerprint density at radius 2 is 1.60 bits per heavy atom. The van der Waals surface area contributed by atoms with Gasteiger partial charge in [0.25, 0.3) is 0 Å². The van der Waals surface area contributed by atoms with E-state index in [9.17, 15) is 19.8 Å². The number of nitrogens with one attached hydrogen (secondary N) is 2. The van der Waals surface area contributed by atoms with Crippen molar-refractivity contribution in [3.63, 3.8) is 0 Å². The lowest BCUT2D eigenvalue weighted by molar-refractivity contribution is -0.252. The van der Waals surface area contributed by atoms with Gasteiger partial charge in [0.15, 0.2) is 6.29 Å². The third-order valence-electron chi connectivity index (χ3n) is 8.42. The molecule has 0 aromatic heterocycles. The second-order valence-corrected chi connectivity index (χ2v) is 11.9. The summed E-state index contributed by atoms with van der Waals surface area (Å²) in [5.41, 5.74) is 7.37. The average molecular weight is 618 g/mol. The summed E-state index contributed by atoms with van der Waals surface area (Å²) in [6, 6.07) is 24.0. The highest BCUT2D eigenvalue weighted by Crippen LogP contribution is 2.39. The van der Waals surface area contributed by atoms with Crippen molar-refractivity contribution in [1.82, 2.24) is 15.7 Å². The zero-order valence-corrected chi connectivity index (χ0v) is 25.4. The van der Waals surface area contributed by atoms with Gasteiger partial charge in [-0.15, -0.1) is 0 Å². The smallest absolute Gasteiger partial charge is 0.243 e. The highest BCUT2D eigenvalue weighted by atomic mass is 16.7. The molecule has 0 bridgehead atoms. The fourth-order valence-corrected chi connectivity index (χ4v) is 5.94. The largest absolute Gasteiger partial charge is 0.392 e. The number of benzene rings is 3. The Hall–Kier alpha value is -3.64. The summed E-state index contributed by atoms with van der Waals surface area (Å²) >= 11 is 0. The second-order valence-electron chi connectivity index (χ2n) is 11.9. The van der Waals surface area contributed by atoms with Gasteiger partial charge >= 0.3 is 0 Å². The Balaban J connectivity index is 1.26. The molecule has 2 aliphatic rings. The topological polar surface area (TPSA) is 141 Å². The van der Waals surface area contributed by atoms with E-state index in [-0.39, 0.29) is 37.2 Å². The highest BCUT2D eigenvalue weighted by molar-refractivity contribution is 5.76. The third kappa shape index (κ3) is 9.43. The van der Waals surface area contributed by atoms with Crippen molar-refractivity contribution in [1.29, 1.82) is 0 Å². The Morgan fingerprint density at radius 3 is 2.31 bits per heavy atom. The standard InChI is InChI=1S/C35H43N3O7/c39-23-24-11-13-26(14-12-24)32-19-31(22-38-16-15-30(40)21-38)44-35(45-32)29-8-4-7-28(18-29)27-6-3-5-25(17-27)20-36-33(41)9-1-2-10-34(42)37-43/h3-8,11-14,17-18,30-32,35,39-40,43H,1-2,9-10,15-16,19-23H2,(H,36,41)(H,37,42). The number of carbonyl (C=O) groups is 2. The van der Waals surface area contributed by atoms with Crippen LogP contribution in [0.4, 0.5) is 0 Å². The van der Waals surface area contributed by atoms with Crippen molar-refractivity contribution in [3.05, 3.63) is 95.1 Å². The third-order valence-corrected chi connectivity index (χ3v) is 8.42. The first-order valence-corrected chi connectivity index (χ1v) is 15.7. The number of rotatable bonds is 13. The Labute approximate surface area is 263 Å². The van der Waals surface area contributed by atoms with Crippen molar-refractivity contribution in [2.75, 3.05) is 19.6 Å². The maximum atomic E-state index is 12.3. The van der Waals surface area contributed by atoms with Crippen LogP contribution in [0.3, 0.4) is 0 Å². The van der Waals surface area contributed by atoms with Crippen LogP contribution in [0, 0.1) is 0 Å². The van der Waals surface area contributed by atoms with Gasteiger partial charge < -0.3 is 25.0 Å². The molecule has 2 heterocycles. The molecule has 4 atom stereocenters. The molecule has 2 amide bonds. The van der Waals surface area contributed by atoms with Crippen molar-refractivity contribution >= 4 is 11.8 Å². The zero-order valence-electron chi connectivity index (χ0n) is 25.4. The number of aliphatic hydroxyl groups is 2. The number of amides is 2. The van der Waals surface area contributed by atoms with E-state index in [1.54, 1.807) is 5.48 Å². The molecular weight excluding hydrogens is 574 g/mol. The van der Waals surface area contributed by atoms with Gasteiger partial charge in [-0.2, -0.15) is 0 Å². The number of hydroxylamine groups is 1. The number of unbranched alkanes of at least 4 members (excludes halogenated alkanes) is 1. The molecule has 0 saturated carbocycles. The number of carbonyl (C=O) groups excluding carboxylic acids is 2. The molecule has 3 aromatic rings. The first-order valence-electron chi connectivity index (χ1n) is 15.7. The minimum Gasteiger partial charge on any atom is -0.392 e. The van der Waals surface area contributed by atoms with E-state index in [0.29, 0.717) is 45.3 Å². The summed E-state index contributed by atoms with van der Waals surface area (Å²) in [6.45, 7) is 2.59. The molecule has 3 aromatic carbocycles. The summed E-state index contributed by atoms with van der Waals surface area (Å²) in [7, 11) is 0. The summed E-state index contributed by atoms with van der Waals surface area (Å²) in [4.78, 5) is 25.7. The number of ether oxygens (including phenoxy) is 2. The lowest BCUT2D eigenvalue weighted by Gasteiger charge is -2.38. The number of aliphatic hydroxyl groups excluding tert-OH is 2. The maximum absolute atomic E-state index is 12.3. The van der Waals surface area contributed by atoms with Crippen molar-refractivity contribution in [2.24, 2.45) is 0 Å². The van der Waals surface area contributed by atoms with Gasteiger partial charge in [-0.1, -0.05) is 60.7 Å². The van der Waals surface area contributed by atoms with E-state index < -0.39 is 12.2 Å². The van der Waals surface area contributed by atoms with Crippen LogP contribution in [0.2, 0.25) is 0 Å². The molecule has 0 radical (unpaired) electrons. The van der Waals surface area contributed by atoms with Gasteiger partial charge in [0.05, 0.1) is 24.9 Å². The van der Waals surface area contributed by atoms with Crippen molar-refractivity contribution in [3.8, 4) is 11.1 Å². The van der Waals surface area contributed by atoms with Crippen LogP contribution < -0.4 is 10.8 Å². The summed E-state index contributed by atoms with van der Waals surface area (Å²) in [5, 5.41) is 31.1. The van der Waals surface area contributed by atoms with Gasteiger partial charge in [-0.25, -0.2) is 5.48 Å². The van der Waals surface area contributed by atoms with Crippen LogP contribution in [0.1, 0.15) is 73.2 Å². The number of hydrogen-bond acceptors (Lipinski definition) is 8. The molecule has 0 aliphatic carbocycles. The number of hydrogen-bond donors (Lipinski definition) is 5. The van der Waals surface area contributed by atoms with Crippen LogP contribution >= 0.6 is 0 Å². The molecule has 5 N–H and O–H groups in total. The summed E-state index contributed by atoms with van der Waals surface area (Å²) in [6.07, 6.45) is 1.90. The average Bonchev–Trinajstić information content (AvgIpc) is 3.49. The number of β-amino-alcohol motifs (C(OH)–C–C–N with tert-alkyl or cyclic N) is 1. The molecule has 240 valence electrons. The SMILES string of the molecule is O=C(CCCCC(=O)NCc1cccc(-c2cccc(C3OC(CN4CCC(O)C4)CC(c4ccc(CO)cc4)O3)c2)c1)NO. The monoisotopic (exact) mass is 617 g/mol. The predicted octanol–water partition coefficient (Wildman–Crippen LogP) is 4.14. The zero-order chi connectivity index (χ0) is 31.6. The van der Waals surface area contributed by atoms with E-state index >= 15 is 0 Å². The van der Waals surface area contributed by atoms with Crippen LogP contribution in [-0.2, 0) is 32.2 Å². The Kier molecular flexibility index (Phi) is 11.7. The fraction of sp³-hybridized carbons (Fsp3) is 0.429. The highest BCUT2D eigenvalue weighted by Gasteiger charge is 2.34. The molecule has 5 rings (SSSR count). The molecular formula is C35H43N3O7. The van der Waals surface area contributed by atoms with Gasteiger partial charge in [0.1, 0.15) is 0 Å².